The first-order valence-electron chi connectivity index (χ1n) is 7.48. The maximum absolute atomic E-state index is 4.51. The molecule has 0 aromatic carbocycles. The Kier molecular flexibility index (Phi) is 3.87. The highest BCUT2D eigenvalue weighted by Crippen LogP contribution is 2.22. The first-order valence-corrected chi connectivity index (χ1v) is 7.48. The fourth-order valence-corrected chi connectivity index (χ4v) is 3.04. The van der Waals surface area contributed by atoms with E-state index in [-0.39, 0.29) is 0 Å². The molecule has 2 aromatic rings. The summed E-state index contributed by atoms with van der Waals surface area (Å²) in [5.74, 6) is 0. The van der Waals surface area contributed by atoms with E-state index in [1.54, 1.807) is 0 Å². The molecule has 1 aliphatic rings. The standard InChI is InChI=1S/C15H23N5/c1-12-9-13(2)20(18-12)8-4-7-19-11-16-10-15(19)14-5-3-6-17-14/h9-11,14,17H,3-8H2,1-2H3/t14-/m0/s1. The van der Waals surface area contributed by atoms with Crippen molar-refractivity contribution in [2.45, 2.75) is 52.2 Å². The third-order valence-corrected chi connectivity index (χ3v) is 4.03. The molecule has 5 heteroatoms. The smallest absolute Gasteiger partial charge is 0.0948 e. The monoisotopic (exact) mass is 273 g/mol. The summed E-state index contributed by atoms with van der Waals surface area (Å²) >= 11 is 0. The lowest BCUT2D eigenvalue weighted by Gasteiger charge is -2.14. The zero-order chi connectivity index (χ0) is 13.9. The summed E-state index contributed by atoms with van der Waals surface area (Å²) in [6, 6.07) is 2.62. The van der Waals surface area contributed by atoms with Gasteiger partial charge in [-0.3, -0.25) is 4.68 Å². The molecule has 3 rings (SSSR count). The van der Waals surface area contributed by atoms with Crippen molar-refractivity contribution in [3.63, 3.8) is 0 Å². The summed E-state index contributed by atoms with van der Waals surface area (Å²) in [4.78, 5) is 4.31. The molecular weight excluding hydrogens is 250 g/mol. The number of hydrogen-bond acceptors (Lipinski definition) is 3. The molecule has 0 radical (unpaired) electrons. The Bertz CT molecular complexity index is 563. The van der Waals surface area contributed by atoms with E-state index in [0.29, 0.717) is 6.04 Å². The first-order chi connectivity index (χ1) is 9.74. The maximum atomic E-state index is 4.51. The largest absolute Gasteiger partial charge is 0.333 e. The number of hydrogen-bond donors (Lipinski definition) is 1. The first kappa shape index (κ1) is 13.4. The zero-order valence-electron chi connectivity index (χ0n) is 12.3. The molecule has 1 aliphatic heterocycles. The van der Waals surface area contributed by atoms with E-state index in [1.807, 2.05) is 19.4 Å². The molecule has 1 N–H and O–H groups in total. The van der Waals surface area contributed by atoms with Crippen LogP contribution in [0, 0.1) is 13.8 Å². The van der Waals surface area contributed by atoms with Crippen LogP contribution in [0.1, 0.15) is 42.4 Å². The van der Waals surface area contributed by atoms with Gasteiger partial charge in [0.05, 0.1) is 17.7 Å². The van der Waals surface area contributed by atoms with E-state index in [9.17, 15) is 0 Å². The Morgan fingerprint density at radius 1 is 1.35 bits per heavy atom. The fraction of sp³-hybridized carbons (Fsp3) is 0.600. The minimum atomic E-state index is 0.492. The Morgan fingerprint density at radius 2 is 2.25 bits per heavy atom. The molecule has 1 fully saturated rings. The van der Waals surface area contributed by atoms with Gasteiger partial charge in [-0.05, 0) is 45.7 Å². The van der Waals surface area contributed by atoms with E-state index in [2.05, 4.69) is 37.6 Å². The van der Waals surface area contributed by atoms with Crippen molar-refractivity contribution in [3.8, 4) is 0 Å². The molecule has 1 atom stereocenters. The average molecular weight is 273 g/mol. The second kappa shape index (κ2) is 5.79. The Balaban J connectivity index is 1.59. The molecule has 1 saturated heterocycles. The minimum Gasteiger partial charge on any atom is -0.333 e. The van der Waals surface area contributed by atoms with Crippen molar-refractivity contribution in [3.05, 3.63) is 35.7 Å². The van der Waals surface area contributed by atoms with E-state index < -0.39 is 0 Å². The van der Waals surface area contributed by atoms with Crippen LogP contribution < -0.4 is 5.32 Å². The Labute approximate surface area is 120 Å². The van der Waals surface area contributed by atoms with Gasteiger partial charge in [-0.15, -0.1) is 0 Å². The van der Waals surface area contributed by atoms with E-state index in [1.165, 1.54) is 24.2 Å². The highest BCUT2D eigenvalue weighted by molar-refractivity contribution is 5.08. The quantitative estimate of drug-likeness (QED) is 0.908. The maximum Gasteiger partial charge on any atom is 0.0948 e. The normalized spacial score (nSPS) is 18.8. The van der Waals surface area contributed by atoms with Crippen molar-refractivity contribution in [2.24, 2.45) is 0 Å². The second-order valence-electron chi connectivity index (χ2n) is 5.66. The fourth-order valence-electron chi connectivity index (χ4n) is 3.04. The van der Waals surface area contributed by atoms with Crippen LogP contribution in [-0.2, 0) is 13.1 Å². The molecule has 2 aromatic heterocycles. The van der Waals surface area contributed by atoms with E-state index in [4.69, 9.17) is 0 Å². The van der Waals surface area contributed by atoms with Crippen LogP contribution in [0.4, 0.5) is 0 Å². The molecule has 20 heavy (non-hydrogen) atoms. The molecule has 5 nitrogen and oxygen atoms in total. The average Bonchev–Trinajstić information content (AvgIpc) is 3.11. The van der Waals surface area contributed by atoms with Gasteiger partial charge in [0.15, 0.2) is 0 Å². The van der Waals surface area contributed by atoms with Crippen LogP contribution in [0.2, 0.25) is 0 Å². The number of rotatable bonds is 5. The summed E-state index contributed by atoms with van der Waals surface area (Å²) in [6.07, 6.45) is 7.53. The van der Waals surface area contributed by atoms with Gasteiger partial charge in [0.1, 0.15) is 0 Å². The molecule has 108 valence electrons. The van der Waals surface area contributed by atoms with Crippen LogP contribution in [0.3, 0.4) is 0 Å². The van der Waals surface area contributed by atoms with Gasteiger partial charge in [-0.2, -0.15) is 5.10 Å². The zero-order valence-corrected chi connectivity index (χ0v) is 12.3. The number of aromatic nitrogens is 4. The lowest BCUT2D eigenvalue weighted by atomic mass is 10.2. The molecule has 0 bridgehead atoms. The van der Waals surface area contributed by atoms with Crippen LogP contribution >= 0.6 is 0 Å². The Hall–Kier alpha value is -1.62. The third-order valence-electron chi connectivity index (χ3n) is 4.03. The van der Waals surface area contributed by atoms with Crippen molar-refractivity contribution in [2.75, 3.05) is 6.54 Å². The summed E-state index contributed by atoms with van der Waals surface area (Å²) in [5.41, 5.74) is 3.67. The van der Waals surface area contributed by atoms with Crippen LogP contribution in [0.25, 0.3) is 0 Å². The van der Waals surface area contributed by atoms with E-state index in [0.717, 1.165) is 31.7 Å². The SMILES string of the molecule is Cc1cc(C)n(CCCn2cncc2[C@@H]2CCCN2)n1. The molecule has 3 heterocycles. The second-order valence-corrected chi connectivity index (χ2v) is 5.66. The molecule has 0 aliphatic carbocycles. The number of imidazole rings is 1. The minimum absolute atomic E-state index is 0.492. The van der Waals surface area contributed by atoms with Crippen molar-refractivity contribution >= 4 is 0 Å². The Morgan fingerprint density at radius 3 is 2.95 bits per heavy atom. The topological polar surface area (TPSA) is 47.7 Å². The van der Waals surface area contributed by atoms with Crippen molar-refractivity contribution in [1.82, 2.24) is 24.6 Å². The molecular formula is C15H23N5. The third kappa shape index (κ3) is 2.77. The van der Waals surface area contributed by atoms with Crippen molar-refractivity contribution in [1.29, 1.82) is 0 Å². The summed E-state index contributed by atoms with van der Waals surface area (Å²) in [7, 11) is 0. The van der Waals surface area contributed by atoms with Crippen LogP contribution in [0.5, 0.6) is 0 Å². The summed E-state index contributed by atoms with van der Waals surface area (Å²) in [5, 5.41) is 8.05. The lowest BCUT2D eigenvalue weighted by molar-refractivity contribution is 0.492. The number of aryl methyl sites for hydroxylation is 4. The molecule has 0 spiro atoms. The van der Waals surface area contributed by atoms with E-state index >= 15 is 0 Å². The highest BCUT2D eigenvalue weighted by Gasteiger charge is 2.19. The summed E-state index contributed by atoms with van der Waals surface area (Å²) < 4.78 is 4.38. The van der Waals surface area contributed by atoms with Gasteiger partial charge in [0, 0.05) is 31.0 Å². The van der Waals surface area contributed by atoms with Gasteiger partial charge in [-0.1, -0.05) is 0 Å². The van der Waals surface area contributed by atoms with Gasteiger partial charge in [-0.25, -0.2) is 4.98 Å². The van der Waals surface area contributed by atoms with Gasteiger partial charge in [0.2, 0.25) is 0 Å². The van der Waals surface area contributed by atoms with Crippen LogP contribution in [-0.4, -0.2) is 25.9 Å². The van der Waals surface area contributed by atoms with Crippen molar-refractivity contribution < 1.29 is 0 Å². The molecule has 0 amide bonds. The predicted octanol–water partition coefficient (Wildman–Crippen LogP) is 2.21. The van der Waals surface area contributed by atoms with Crippen LogP contribution in [0.15, 0.2) is 18.6 Å². The number of nitrogens with one attached hydrogen (secondary N) is 1. The van der Waals surface area contributed by atoms with Gasteiger partial charge >= 0.3 is 0 Å². The van der Waals surface area contributed by atoms with Gasteiger partial charge in [0.25, 0.3) is 0 Å². The molecule has 0 saturated carbocycles. The van der Waals surface area contributed by atoms with Gasteiger partial charge < -0.3 is 9.88 Å². The predicted molar refractivity (Wildman–Crippen MR) is 78.5 cm³/mol. The lowest BCUT2D eigenvalue weighted by Crippen LogP contribution is -2.17. The molecule has 0 unspecified atom stereocenters. The summed E-state index contributed by atoms with van der Waals surface area (Å²) in [6.45, 7) is 7.26. The number of nitrogens with zero attached hydrogens (tertiary/aromatic N) is 4. The highest BCUT2D eigenvalue weighted by atomic mass is 15.3.